The molecule has 126 valence electrons. The van der Waals surface area contributed by atoms with Crippen molar-refractivity contribution in [3.63, 3.8) is 0 Å². The van der Waals surface area contributed by atoms with E-state index in [1.807, 2.05) is 5.32 Å². The van der Waals surface area contributed by atoms with Gasteiger partial charge in [-0.3, -0.25) is 14.9 Å². The van der Waals surface area contributed by atoms with Crippen LogP contribution in [-0.2, 0) is 20.7 Å². The van der Waals surface area contributed by atoms with Crippen LogP contribution in [-0.4, -0.2) is 45.3 Å². The molecule has 0 saturated heterocycles. The highest BCUT2D eigenvalue weighted by molar-refractivity contribution is 5.97. The second kappa shape index (κ2) is 8.62. The van der Waals surface area contributed by atoms with E-state index in [2.05, 4.69) is 5.32 Å². The third-order valence-electron chi connectivity index (χ3n) is 2.94. The largest absolute Gasteiger partial charge is 0.493 e. The molecule has 0 aliphatic rings. The van der Waals surface area contributed by atoms with Gasteiger partial charge in [-0.25, -0.2) is 4.79 Å². The zero-order valence-electron chi connectivity index (χ0n) is 13.5. The number of urea groups is 1. The molecule has 8 nitrogen and oxygen atoms in total. The molecule has 3 amide bonds. The van der Waals surface area contributed by atoms with Crippen LogP contribution in [0.5, 0.6) is 11.5 Å². The third kappa shape index (κ3) is 5.50. The zero-order valence-corrected chi connectivity index (χ0v) is 13.5. The molecule has 0 bridgehead atoms. The smallest absolute Gasteiger partial charge is 0.321 e. The molecule has 0 heterocycles. The second-order valence-corrected chi connectivity index (χ2v) is 4.57. The number of carbonyl (C=O) groups excluding carboxylic acids is 3. The highest BCUT2D eigenvalue weighted by Crippen LogP contribution is 2.27. The molecule has 1 rings (SSSR count). The van der Waals surface area contributed by atoms with E-state index >= 15 is 0 Å². The Morgan fingerprint density at radius 2 is 1.78 bits per heavy atom. The minimum atomic E-state index is -1.08. The first-order valence-corrected chi connectivity index (χ1v) is 6.84. The molecule has 0 spiro atoms. The Labute approximate surface area is 134 Å². The van der Waals surface area contributed by atoms with Gasteiger partial charge in [0, 0.05) is 7.05 Å². The number of imide groups is 1. The first-order chi connectivity index (χ1) is 10.9. The van der Waals surface area contributed by atoms with Gasteiger partial charge in [0.2, 0.25) is 0 Å². The van der Waals surface area contributed by atoms with Crippen LogP contribution in [0.4, 0.5) is 4.79 Å². The lowest BCUT2D eigenvalue weighted by molar-refractivity contribution is -0.153. The molecular weight excluding hydrogens is 304 g/mol. The van der Waals surface area contributed by atoms with Crippen LogP contribution in [0.15, 0.2) is 18.2 Å². The Kier molecular flexibility index (Phi) is 6.85. The molecule has 1 atom stereocenters. The molecule has 0 radical (unpaired) electrons. The number of carbonyl (C=O) groups is 3. The zero-order chi connectivity index (χ0) is 17.4. The first kappa shape index (κ1) is 18.3. The SMILES string of the molecule is CNC(=O)NC(=O)[C@H](C)OC(=O)Cc1ccc(OC)c(OC)c1. The molecule has 23 heavy (non-hydrogen) atoms. The number of rotatable bonds is 6. The van der Waals surface area contributed by atoms with Gasteiger partial charge in [0.05, 0.1) is 20.6 Å². The Hall–Kier alpha value is -2.77. The summed E-state index contributed by atoms with van der Waals surface area (Å²) in [6, 6.07) is 4.34. The van der Waals surface area contributed by atoms with Gasteiger partial charge in [0.1, 0.15) is 0 Å². The predicted octanol–water partition coefficient (Wildman–Crippen LogP) is 0.634. The van der Waals surface area contributed by atoms with E-state index in [-0.39, 0.29) is 6.42 Å². The average Bonchev–Trinajstić information content (AvgIpc) is 2.54. The second-order valence-electron chi connectivity index (χ2n) is 4.57. The summed E-state index contributed by atoms with van der Waals surface area (Å²) in [7, 11) is 4.38. The summed E-state index contributed by atoms with van der Waals surface area (Å²) in [6.07, 6.45) is -1.13. The highest BCUT2D eigenvalue weighted by Gasteiger charge is 2.20. The molecule has 0 saturated carbocycles. The Balaban J connectivity index is 2.62. The van der Waals surface area contributed by atoms with Crippen molar-refractivity contribution in [1.82, 2.24) is 10.6 Å². The molecule has 2 N–H and O–H groups in total. The van der Waals surface area contributed by atoms with Crippen LogP contribution in [0.2, 0.25) is 0 Å². The Bertz CT molecular complexity index is 587. The maximum atomic E-state index is 11.9. The van der Waals surface area contributed by atoms with Crippen LogP contribution >= 0.6 is 0 Å². The van der Waals surface area contributed by atoms with Crippen molar-refractivity contribution in [3.05, 3.63) is 23.8 Å². The van der Waals surface area contributed by atoms with Crippen LogP contribution in [0.1, 0.15) is 12.5 Å². The lowest BCUT2D eigenvalue weighted by Gasteiger charge is -2.13. The number of hydrogen-bond acceptors (Lipinski definition) is 6. The van der Waals surface area contributed by atoms with Crippen molar-refractivity contribution >= 4 is 17.9 Å². The minimum Gasteiger partial charge on any atom is -0.493 e. The maximum Gasteiger partial charge on any atom is 0.321 e. The third-order valence-corrected chi connectivity index (χ3v) is 2.94. The van der Waals surface area contributed by atoms with E-state index < -0.39 is 24.0 Å². The molecular formula is C15H20N2O6. The van der Waals surface area contributed by atoms with E-state index in [1.54, 1.807) is 18.2 Å². The van der Waals surface area contributed by atoms with Crippen molar-refractivity contribution < 1.29 is 28.6 Å². The van der Waals surface area contributed by atoms with Gasteiger partial charge in [0.15, 0.2) is 17.6 Å². The lowest BCUT2D eigenvalue weighted by atomic mass is 10.1. The highest BCUT2D eigenvalue weighted by atomic mass is 16.5. The summed E-state index contributed by atoms with van der Waals surface area (Å²) >= 11 is 0. The number of benzene rings is 1. The average molecular weight is 324 g/mol. The summed E-state index contributed by atoms with van der Waals surface area (Å²) < 4.78 is 15.2. The molecule has 8 heteroatoms. The monoisotopic (exact) mass is 324 g/mol. The number of methoxy groups -OCH3 is 2. The molecule has 0 aliphatic heterocycles. The summed E-state index contributed by atoms with van der Waals surface area (Å²) in [4.78, 5) is 34.5. The van der Waals surface area contributed by atoms with Crippen molar-refractivity contribution in [2.24, 2.45) is 0 Å². The van der Waals surface area contributed by atoms with Gasteiger partial charge in [0.25, 0.3) is 5.91 Å². The summed E-state index contributed by atoms with van der Waals surface area (Å²) in [5.41, 5.74) is 0.645. The van der Waals surface area contributed by atoms with Crippen LogP contribution in [0, 0.1) is 0 Å². The van der Waals surface area contributed by atoms with Crippen molar-refractivity contribution in [1.29, 1.82) is 0 Å². The molecule has 1 aromatic rings. The summed E-state index contributed by atoms with van der Waals surface area (Å²) in [5, 5.41) is 4.26. The molecule has 0 unspecified atom stereocenters. The number of esters is 1. The molecule has 0 fully saturated rings. The topological polar surface area (TPSA) is 103 Å². The first-order valence-electron chi connectivity index (χ1n) is 6.84. The minimum absolute atomic E-state index is 0.0437. The fourth-order valence-corrected chi connectivity index (χ4v) is 1.73. The van der Waals surface area contributed by atoms with Crippen molar-refractivity contribution in [2.45, 2.75) is 19.4 Å². The number of nitrogens with one attached hydrogen (secondary N) is 2. The standard InChI is InChI=1S/C15H20N2O6/c1-9(14(19)17-15(20)16-2)23-13(18)8-10-5-6-11(21-3)12(7-10)22-4/h5-7,9H,8H2,1-4H3,(H2,16,17,19,20)/t9-/m0/s1. The van der Waals surface area contributed by atoms with E-state index in [0.717, 1.165) is 0 Å². The molecule has 0 aromatic heterocycles. The number of hydrogen-bond donors (Lipinski definition) is 2. The van der Waals surface area contributed by atoms with Crippen LogP contribution in [0.3, 0.4) is 0 Å². The van der Waals surface area contributed by atoms with Crippen LogP contribution in [0.25, 0.3) is 0 Å². The van der Waals surface area contributed by atoms with Crippen LogP contribution < -0.4 is 20.1 Å². The van der Waals surface area contributed by atoms with Crippen molar-refractivity contribution in [2.75, 3.05) is 21.3 Å². The Morgan fingerprint density at radius 3 is 2.35 bits per heavy atom. The van der Waals surface area contributed by atoms with E-state index in [0.29, 0.717) is 17.1 Å². The fraction of sp³-hybridized carbons (Fsp3) is 0.400. The van der Waals surface area contributed by atoms with Gasteiger partial charge >= 0.3 is 12.0 Å². The van der Waals surface area contributed by atoms with E-state index in [9.17, 15) is 14.4 Å². The molecule has 0 aliphatic carbocycles. The number of ether oxygens (including phenoxy) is 3. The van der Waals surface area contributed by atoms with Gasteiger partial charge in [-0.2, -0.15) is 0 Å². The van der Waals surface area contributed by atoms with Gasteiger partial charge in [-0.05, 0) is 24.6 Å². The van der Waals surface area contributed by atoms with Gasteiger partial charge in [-0.1, -0.05) is 6.07 Å². The van der Waals surface area contributed by atoms with E-state index in [1.165, 1.54) is 28.2 Å². The van der Waals surface area contributed by atoms with E-state index in [4.69, 9.17) is 14.2 Å². The van der Waals surface area contributed by atoms with Gasteiger partial charge < -0.3 is 19.5 Å². The van der Waals surface area contributed by atoms with Crippen molar-refractivity contribution in [3.8, 4) is 11.5 Å². The summed E-state index contributed by atoms with van der Waals surface area (Å²) in [6.45, 7) is 1.38. The quantitative estimate of drug-likeness (QED) is 0.744. The fourth-order valence-electron chi connectivity index (χ4n) is 1.73. The maximum absolute atomic E-state index is 11.9. The molecule has 1 aromatic carbocycles. The predicted molar refractivity (Wildman–Crippen MR) is 81.4 cm³/mol. The normalized spacial score (nSPS) is 11.1. The lowest BCUT2D eigenvalue weighted by Crippen LogP contribution is -2.43. The van der Waals surface area contributed by atoms with Gasteiger partial charge in [-0.15, -0.1) is 0 Å². The summed E-state index contributed by atoms with van der Waals surface area (Å²) in [5.74, 6) is -0.270. The number of amides is 3. The Morgan fingerprint density at radius 1 is 1.13 bits per heavy atom.